The second-order valence-corrected chi connectivity index (χ2v) is 8.34. The average Bonchev–Trinajstić information content (AvgIpc) is 2.42. The molecule has 116 valence electrons. The quantitative estimate of drug-likeness (QED) is 0.243. The molecule has 0 fully saturated rings. The van der Waals surface area contributed by atoms with Crippen molar-refractivity contribution < 1.29 is 8.85 Å². The van der Waals surface area contributed by atoms with Gasteiger partial charge in [-0.25, -0.2) is 0 Å². The van der Waals surface area contributed by atoms with Crippen molar-refractivity contribution in [1.29, 1.82) is 0 Å². The van der Waals surface area contributed by atoms with E-state index in [1.165, 1.54) is 38.5 Å². The van der Waals surface area contributed by atoms with E-state index in [0.29, 0.717) is 5.54 Å². The molecule has 0 heterocycles. The lowest BCUT2D eigenvalue weighted by molar-refractivity contribution is 0.179. The fourth-order valence-corrected chi connectivity index (χ4v) is 5.01. The van der Waals surface area contributed by atoms with Crippen LogP contribution in [-0.2, 0) is 8.85 Å². The van der Waals surface area contributed by atoms with Crippen LogP contribution in [0, 0.1) is 0 Å². The molecule has 0 spiro atoms. The Morgan fingerprint density at radius 3 is 1.84 bits per heavy atom. The Morgan fingerprint density at radius 2 is 1.42 bits per heavy atom. The maximum absolute atomic E-state index is 6.14. The molecule has 0 saturated carbocycles. The Labute approximate surface area is 130 Å². The van der Waals surface area contributed by atoms with Crippen molar-refractivity contribution in [3.8, 4) is 0 Å². The largest absolute Gasteiger partial charge is 0.396 e. The Morgan fingerprint density at radius 1 is 0.842 bits per heavy atom. The van der Waals surface area contributed by atoms with Crippen molar-refractivity contribution in [1.82, 2.24) is 0 Å². The summed E-state index contributed by atoms with van der Waals surface area (Å²) in [5.74, 6) is 0. The van der Waals surface area contributed by atoms with Crippen LogP contribution >= 0.6 is 15.9 Å². The van der Waals surface area contributed by atoms with Crippen LogP contribution in [0.2, 0.25) is 5.54 Å². The molecule has 0 amide bonds. The highest BCUT2D eigenvalue weighted by molar-refractivity contribution is 9.09. The minimum absolute atomic E-state index is 0.691. The molecule has 0 bridgehead atoms. The number of hydrogen-bond acceptors (Lipinski definition) is 2. The van der Waals surface area contributed by atoms with Gasteiger partial charge in [0.25, 0.3) is 0 Å². The molecule has 0 aliphatic carbocycles. The van der Waals surface area contributed by atoms with Crippen LogP contribution in [0.15, 0.2) is 0 Å². The highest BCUT2D eigenvalue weighted by atomic mass is 79.9. The first-order chi connectivity index (χ1) is 9.29. The van der Waals surface area contributed by atoms with Gasteiger partial charge >= 0.3 is 9.28 Å². The highest BCUT2D eigenvalue weighted by Gasteiger charge is 2.25. The first-order valence-corrected chi connectivity index (χ1v) is 10.8. The summed E-state index contributed by atoms with van der Waals surface area (Å²) in [6.45, 7) is 8.49. The van der Waals surface area contributed by atoms with Crippen LogP contribution in [0.5, 0.6) is 0 Å². The molecule has 0 saturated heterocycles. The summed E-state index contributed by atoms with van der Waals surface area (Å²) in [7, 11) is -1.48. The zero-order chi connectivity index (χ0) is 14.3. The summed E-state index contributed by atoms with van der Waals surface area (Å²) >= 11 is 3.54. The van der Waals surface area contributed by atoms with Gasteiger partial charge in [0.15, 0.2) is 0 Å². The monoisotopic (exact) mass is 352 g/mol. The smallest absolute Gasteiger partial charge is 0.324 e. The predicted octanol–water partition coefficient (Wildman–Crippen LogP) is 5.19. The molecular weight excluding hydrogens is 320 g/mol. The van der Waals surface area contributed by atoms with Gasteiger partial charge in [0.1, 0.15) is 0 Å². The van der Waals surface area contributed by atoms with Crippen molar-refractivity contribution in [3.05, 3.63) is 0 Å². The van der Waals surface area contributed by atoms with Gasteiger partial charge in [-0.3, -0.25) is 0 Å². The molecule has 1 atom stereocenters. The lowest BCUT2D eigenvalue weighted by atomic mass is 10.1. The van der Waals surface area contributed by atoms with Crippen molar-refractivity contribution in [2.45, 2.75) is 77.7 Å². The molecule has 0 N–H and O–H groups in total. The lowest BCUT2D eigenvalue weighted by Crippen LogP contribution is -2.30. The van der Waals surface area contributed by atoms with Crippen LogP contribution in [-0.4, -0.2) is 27.8 Å². The molecule has 1 unspecified atom stereocenters. The fourth-order valence-electron chi connectivity index (χ4n) is 2.13. The first-order valence-electron chi connectivity index (χ1n) is 8.09. The zero-order valence-corrected chi connectivity index (χ0v) is 15.9. The van der Waals surface area contributed by atoms with E-state index in [-0.39, 0.29) is 0 Å². The van der Waals surface area contributed by atoms with E-state index in [1.54, 1.807) is 0 Å². The highest BCUT2D eigenvalue weighted by Crippen LogP contribution is 2.26. The summed E-state index contributed by atoms with van der Waals surface area (Å²) < 4.78 is 12.3. The summed E-state index contributed by atoms with van der Waals surface area (Å²) in [6.07, 6.45) is 9.74. The summed E-state index contributed by atoms with van der Waals surface area (Å²) in [5, 5.41) is 1.10. The van der Waals surface area contributed by atoms with Crippen molar-refractivity contribution in [2.75, 3.05) is 18.5 Å². The molecule has 4 heteroatoms. The topological polar surface area (TPSA) is 18.5 Å². The SMILES string of the molecule is CCCCO[SiH](OCCCC)C(CCC)CCCBr. The van der Waals surface area contributed by atoms with Gasteiger partial charge < -0.3 is 8.85 Å². The molecule has 0 aromatic carbocycles. The van der Waals surface area contributed by atoms with E-state index in [4.69, 9.17) is 8.85 Å². The summed E-state index contributed by atoms with van der Waals surface area (Å²) in [4.78, 5) is 0. The Hall–Kier alpha value is 0.617. The van der Waals surface area contributed by atoms with E-state index < -0.39 is 9.28 Å². The molecule has 0 aromatic rings. The molecule has 0 aliphatic rings. The minimum atomic E-state index is -1.48. The van der Waals surface area contributed by atoms with Gasteiger partial charge in [-0.15, -0.1) is 0 Å². The molecule has 0 rings (SSSR count). The zero-order valence-electron chi connectivity index (χ0n) is 13.1. The lowest BCUT2D eigenvalue weighted by Gasteiger charge is -2.25. The second-order valence-electron chi connectivity index (χ2n) is 5.20. The molecule has 2 nitrogen and oxygen atoms in total. The van der Waals surface area contributed by atoms with Crippen LogP contribution in [0.25, 0.3) is 0 Å². The number of hydrogen-bond donors (Lipinski definition) is 0. The number of rotatable bonds is 14. The van der Waals surface area contributed by atoms with Gasteiger partial charge in [0, 0.05) is 18.5 Å². The molecule has 0 radical (unpaired) electrons. The molecule has 0 aliphatic heterocycles. The third-order valence-corrected chi connectivity index (χ3v) is 6.44. The Balaban J connectivity index is 4.25. The van der Waals surface area contributed by atoms with E-state index in [9.17, 15) is 0 Å². The third kappa shape index (κ3) is 11.0. The van der Waals surface area contributed by atoms with Crippen molar-refractivity contribution >= 4 is 25.2 Å². The van der Waals surface area contributed by atoms with Gasteiger partial charge in [0.05, 0.1) is 0 Å². The van der Waals surface area contributed by atoms with Crippen LogP contribution < -0.4 is 0 Å². The number of alkyl halides is 1. The predicted molar refractivity (Wildman–Crippen MR) is 90.6 cm³/mol. The van der Waals surface area contributed by atoms with E-state index >= 15 is 0 Å². The van der Waals surface area contributed by atoms with Crippen LogP contribution in [0.3, 0.4) is 0 Å². The fraction of sp³-hybridized carbons (Fsp3) is 1.00. The second kappa shape index (κ2) is 15.0. The standard InChI is InChI=1S/C15H33BrO2Si/c1-4-7-13-17-19(18-14-8-5-2)15(10-6-3)11-9-12-16/h15,19H,4-14H2,1-3H3. The molecular formula is C15H33BrO2Si. The molecule has 0 aromatic heterocycles. The maximum atomic E-state index is 6.14. The third-order valence-electron chi connectivity index (χ3n) is 3.31. The number of unbranched alkanes of at least 4 members (excludes halogenated alkanes) is 2. The van der Waals surface area contributed by atoms with Gasteiger partial charge in [-0.1, -0.05) is 56.0 Å². The summed E-state index contributed by atoms with van der Waals surface area (Å²) in [6, 6.07) is 0. The van der Waals surface area contributed by atoms with Gasteiger partial charge in [-0.2, -0.15) is 0 Å². The normalized spacial score (nSPS) is 13.1. The number of halogens is 1. The van der Waals surface area contributed by atoms with E-state index in [0.717, 1.165) is 31.4 Å². The Bertz CT molecular complexity index is 172. The Kier molecular flexibility index (Phi) is 15.5. The van der Waals surface area contributed by atoms with Crippen LogP contribution in [0.1, 0.15) is 72.1 Å². The maximum Gasteiger partial charge on any atom is 0.324 e. The summed E-state index contributed by atoms with van der Waals surface area (Å²) in [5.41, 5.74) is 0.691. The van der Waals surface area contributed by atoms with Gasteiger partial charge in [0.2, 0.25) is 0 Å². The first kappa shape index (κ1) is 19.6. The van der Waals surface area contributed by atoms with Crippen LogP contribution in [0.4, 0.5) is 0 Å². The van der Waals surface area contributed by atoms with Crippen molar-refractivity contribution in [3.63, 3.8) is 0 Å². The molecule has 19 heavy (non-hydrogen) atoms. The van der Waals surface area contributed by atoms with Gasteiger partial charge in [-0.05, 0) is 37.6 Å². The van der Waals surface area contributed by atoms with Crippen molar-refractivity contribution in [2.24, 2.45) is 0 Å². The van der Waals surface area contributed by atoms with E-state index in [2.05, 4.69) is 36.7 Å². The minimum Gasteiger partial charge on any atom is -0.396 e. The van der Waals surface area contributed by atoms with E-state index in [1.807, 2.05) is 0 Å². The average molecular weight is 353 g/mol.